The Hall–Kier alpha value is -3.68. The van der Waals surface area contributed by atoms with Gasteiger partial charge >= 0.3 is 0 Å². The van der Waals surface area contributed by atoms with Crippen LogP contribution in [0.1, 0.15) is 33.2 Å². The highest BCUT2D eigenvalue weighted by Crippen LogP contribution is 2.39. The third-order valence-electron chi connectivity index (χ3n) is 5.83. The second-order valence-corrected chi connectivity index (χ2v) is 7.57. The average Bonchev–Trinajstić information content (AvgIpc) is 3.20. The third-order valence-corrected chi connectivity index (χ3v) is 5.83. The highest BCUT2D eigenvalue weighted by molar-refractivity contribution is 5.96. The maximum Gasteiger partial charge on any atom is 0.260 e. The topological polar surface area (TPSA) is 36.1 Å². The molecule has 1 N–H and O–H groups in total. The van der Waals surface area contributed by atoms with Crippen LogP contribution in [0.15, 0.2) is 54.6 Å². The van der Waals surface area contributed by atoms with E-state index in [4.69, 9.17) is 0 Å². The van der Waals surface area contributed by atoms with Crippen molar-refractivity contribution in [2.75, 3.05) is 6.54 Å². The minimum Gasteiger partial charge on any atom is -0.356 e. The molecule has 0 aliphatic carbocycles. The van der Waals surface area contributed by atoms with Crippen molar-refractivity contribution in [3.8, 4) is 0 Å². The fourth-order valence-electron chi connectivity index (χ4n) is 4.38. The molecule has 3 aromatic carbocycles. The Morgan fingerprint density at radius 3 is 2.09 bits per heavy atom. The van der Waals surface area contributed by atoms with Gasteiger partial charge in [0, 0.05) is 23.1 Å². The lowest BCUT2D eigenvalue weighted by molar-refractivity contribution is 0.0678. The molecule has 5 rings (SSSR count). The van der Waals surface area contributed by atoms with Crippen LogP contribution in [0.25, 0.3) is 10.9 Å². The first kappa shape index (κ1) is 20.2. The first-order valence-corrected chi connectivity index (χ1v) is 9.87. The highest BCUT2D eigenvalue weighted by atomic mass is 19.2. The first-order valence-electron chi connectivity index (χ1n) is 9.87. The number of rotatable bonds is 2. The zero-order chi connectivity index (χ0) is 22.6. The van der Waals surface area contributed by atoms with Gasteiger partial charge in [-0.3, -0.25) is 4.79 Å². The van der Waals surface area contributed by atoms with E-state index in [0.29, 0.717) is 17.7 Å². The van der Waals surface area contributed by atoms with Crippen molar-refractivity contribution in [1.29, 1.82) is 0 Å². The van der Waals surface area contributed by atoms with Crippen LogP contribution in [-0.4, -0.2) is 22.3 Å². The minimum atomic E-state index is -2.30. The van der Waals surface area contributed by atoms with Gasteiger partial charge in [-0.15, -0.1) is 0 Å². The Morgan fingerprint density at radius 2 is 1.41 bits per heavy atom. The molecule has 0 saturated carbocycles. The van der Waals surface area contributed by atoms with Crippen molar-refractivity contribution in [2.45, 2.75) is 12.5 Å². The van der Waals surface area contributed by atoms with E-state index in [0.717, 1.165) is 21.4 Å². The summed E-state index contributed by atoms with van der Waals surface area (Å²) in [5.74, 6) is -12.1. The molecule has 8 heteroatoms. The number of carbonyl (C=O) groups is 1. The summed E-state index contributed by atoms with van der Waals surface area (Å²) in [5, 5.41) is 0.951. The molecular weight excluding hydrogens is 427 g/mol. The fraction of sp³-hybridized carbons (Fsp3) is 0.125. The van der Waals surface area contributed by atoms with Gasteiger partial charge in [-0.1, -0.05) is 48.5 Å². The number of nitrogens with zero attached hydrogens (tertiary/aromatic N) is 1. The van der Waals surface area contributed by atoms with Gasteiger partial charge in [0.25, 0.3) is 5.91 Å². The van der Waals surface area contributed by atoms with E-state index in [2.05, 4.69) is 4.98 Å². The van der Waals surface area contributed by atoms with Crippen LogP contribution < -0.4 is 0 Å². The predicted octanol–water partition coefficient (Wildman–Crippen LogP) is 5.65. The predicted molar refractivity (Wildman–Crippen MR) is 108 cm³/mol. The lowest BCUT2D eigenvalue weighted by Crippen LogP contribution is -2.41. The Bertz CT molecular complexity index is 1340. The van der Waals surface area contributed by atoms with Gasteiger partial charge in [0.1, 0.15) is 5.56 Å². The van der Waals surface area contributed by atoms with Gasteiger partial charge in [0.05, 0.1) is 6.04 Å². The smallest absolute Gasteiger partial charge is 0.260 e. The number of amides is 1. The lowest BCUT2D eigenvalue weighted by Gasteiger charge is -2.36. The first-order chi connectivity index (χ1) is 15.4. The fourth-order valence-corrected chi connectivity index (χ4v) is 4.38. The zero-order valence-corrected chi connectivity index (χ0v) is 16.4. The zero-order valence-electron chi connectivity index (χ0n) is 16.4. The van der Waals surface area contributed by atoms with Gasteiger partial charge in [0.15, 0.2) is 23.3 Å². The normalized spacial score (nSPS) is 15.8. The Balaban J connectivity index is 1.70. The summed E-state index contributed by atoms with van der Waals surface area (Å²) in [4.78, 5) is 17.7. The number of nitrogens with one attached hydrogen (secondary N) is 1. The third kappa shape index (κ3) is 2.90. The lowest BCUT2D eigenvalue weighted by atomic mass is 9.91. The molecule has 4 aromatic rings. The van der Waals surface area contributed by atoms with Crippen LogP contribution in [0.5, 0.6) is 0 Å². The van der Waals surface area contributed by atoms with Gasteiger partial charge in [-0.25, -0.2) is 22.0 Å². The number of carbonyl (C=O) groups excluding carboxylic acids is 1. The number of aromatic nitrogens is 1. The summed E-state index contributed by atoms with van der Waals surface area (Å²) in [6, 6.07) is 15.5. The highest BCUT2D eigenvalue weighted by Gasteiger charge is 2.39. The number of H-pyrrole nitrogens is 1. The molecule has 3 nitrogen and oxygen atoms in total. The van der Waals surface area contributed by atoms with Crippen LogP contribution in [-0.2, 0) is 6.42 Å². The molecule has 0 spiro atoms. The molecule has 0 radical (unpaired) electrons. The minimum absolute atomic E-state index is 0.0345. The quantitative estimate of drug-likeness (QED) is 0.243. The average molecular weight is 442 g/mol. The number of hydrogen-bond acceptors (Lipinski definition) is 1. The van der Waals surface area contributed by atoms with Crippen LogP contribution in [0.2, 0.25) is 0 Å². The monoisotopic (exact) mass is 442 g/mol. The van der Waals surface area contributed by atoms with Crippen molar-refractivity contribution in [1.82, 2.24) is 9.88 Å². The molecule has 1 aliphatic rings. The van der Waals surface area contributed by atoms with Crippen molar-refractivity contribution in [3.05, 3.63) is 106 Å². The van der Waals surface area contributed by atoms with E-state index in [-0.39, 0.29) is 6.54 Å². The number of hydrogen-bond donors (Lipinski definition) is 1. The molecule has 2 heterocycles. The number of fused-ring (bicyclic) bond motifs is 3. The van der Waals surface area contributed by atoms with E-state index in [1.165, 1.54) is 0 Å². The maximum absolute atomic E-state index is 14.4. The molecule has 1 amide bonds. The van der Waals surface area contributed by atoms with Crippen LogP contribution in [0.4, 0.5) is 22.0 Å². The molecule has 0 bridgehead atoms. The summed E-state index contributed by atoms with van der Waals surface area (Å²) in [5.41, 5.74) is 1.58. The molecule has 1 aromatic heterocycles. The van der Waals surface area contributed by atoms with Crippen LogP contribution in [0, 0.1) is 29.1 Å². The summed E-state index contributed by atoms with van der Waals surface area (Å²) in [7, 11) is 0. The van der Waals surface area contributed by atoms with Gasteiger partial charge in [-0.05, 0) is 23.6 Å². The van der Waals surface area contributed by atoms with Crippen molar-refractivity contribution in [2.24, 2.45) is 0 Å². The summed E-state index contributed by atoms with van der Waals surface area (Å²) >= 11 is 0. The summed E-state index contributed by atoms with van der Waals surface area (Å²) < 4.78 is 69.9. The van der Waals surface area contributed by atoms with Crippen molar-refractivity contribution < 1.29 is 26.7 Å². The summed E-state index contributed by atoms with van der Waals surface area (Å²) in [6.07, 6.45) is 0.351. The second-order valence-electron chi connectivity index (χ2n) is 7.57. The van der Waals surface area contributed by atoms with E-state index in [1.54, 1.807) is 30.3 Å². The number of benzene rings is 3. The van der Waals surface area contributed by atoms with Crippen LogP contribution >= 0.6 is 0 Å². The molecular formula is C24H15F5N2O. The van der Waals surface area contributed by atoms with E-state index < -0.39 is 46.6 Å². The largest absolute Gasteiger partial charge is 0.356 e. The van der Waals surface area contributed by atoms with Crippen molar-refractivity contribution >= 4 is 16.8 Å². The molecule has 1 atom stereocenters. The SMILES string of the molecule is O=C(c1c(F)c(F)c(F)c(F)c1F)N1CCc2c([nH]c3ccccc23)C1c1ccccc1. The standard InChI is InChI=1S/C24H15F5N2O/c25-17-16(18(26)20(28)21(29)19(17)27)24(32)31-11-10-14-13-8-4-5-9-15(13)30-22(14)23(31)12-6-2-1-3-7-12/h1-9,23,30H,10-11H2. The van der Waals surface area contributed by atoms with Gasteiger partial charge < -0.3 is 9.88 Å². The molecule has 1 aliphatic heterocycles. The second kappa shape index (κ2) is 7.47. The molecule has 162 valence electrons. The number of halogens is 5. The van der Waals surface area contributed by atoms with E-state index >= 15 is 0 Å². The van der Waals surface area contributed by atoms with Crippen LogP contribution in [0.3, 0.4) is 0 Å². The Labute approximate surface area is 179 Å². The van der Waals surface area contributed by atoms with Gasteiger partial charge in [-0.2, -0.15) is 0 Å². The molecule has 1 unspecified atom stereocenters. The molecule has 32 heavy (non-hydrogen) atoms. The van der Waals surface area contributed by atoms with E-state index in [1.807, 2.05) is 24.3 Å². The molecule has 0 fully saturated rings. The number of aromatic amines is 1. The van der Waals surface area contributed by atoms with E-state index in [9.17, 15) is 26.7 Å². The summed E-state index contributed by atoms with van der Waals surface area (Å²) in [6.45, 7) is 0.0345. The molecule has 0 saturated heterocycles. The Kier molecular flexibility index (Phi) is 4.73. The maximum atomic E-state index is 14.4. The Morgan fingerprint density at radius 1 is 0.812 bits per heavy atom. The van der Waals surface area contributed by atoms with Gasteiger partial charge in [0.2, 0.25) is 5.82 Å². The number of para-hydroxylation sites is 1. The van der Waals surface area contributed by atoms with Crippen molar-refractivity contribution in [3.63, 3.8) is 0 Å².